The Morgan fingerprint density at radius 1 is 1.10 bits per heavy atom. The first-order valence-electron chi connectivity index (χ1n) is 10.0. The highest BCUT2D eigenvalue weighted by molar-refractivity contribution is 7.07. The van der Waals surface area contributed by atoms with Crippen molar-refractivity contribution in [2.75, 3.05) is 0 Å². The number of aromatic nitrogens is 1. The van der Waals surface area contributed by atoms with E-state index in [1.807, 2.05) is 79.7 Å². The zero-order valence-electron chi connectivity index (χ0n) is 19.2. The molecule has 0 atom stereocenters. The fourth-order valence-electron chi connectivity index (χ4n) is 2.78. The second kappa shape index (κ2) is 8.72. The summed E-state index contributed by atoms with van der Waals surface area (Å²) in [6, 6.07) is 6.06. The largest absolute Gasteiger partial charge is 0.350 e. The number of Topliss-reactive ketones (excluding diaryl/α,β-unsaturated/α-hetero) is 1. The van der Waals surface area contributed by atoms with Crippen molar-refractivity contribution in [2.24, 2.45) is 5.41 Å². The maximum absolute atomic E-state index is 13.2. The van der Waals surface area contributed by atoms with Crippen LogP contribution in [0.4, 0.5) is 0 Å². The third-order valence-corrected chi connectivity index (χ3v) is 5.53. The molecule has 6 heteroatoms. The minimum Gasteiger partial charge on any atom is -0.350 e. The summed E-state index contributed by atoms with van der Waals surface area (Å²) in [6.07, 6.45) is 3.32. The van der Waals surface area contributed by atoms with Crippen molar-refractivity contribution in [3.05, 3.63) is 54.4 Å². The molecular weight excluding hydrogens is 396 g/mol. The summed E-state index contributed by atoms with van der Waals surface area (Å²) in [5.74, 6) is -0.356. The Kier molecular flexibility index (Phi) is 6.92. The van der Waals surface area contributed by atoms with Gasteiger partial charge in [-0.1, -0.05) is 44.5 Å². The maximum Gasteiger partial charge on any atom is 0.269 e. The second-order valence-corrected chi connectivity index (χ2v) is 10.8. The molecule has 162 valence electrons. The Morgan fingerprint density at radius 3 is 2.30 bits per heavy atom. The van der Waals surface area contributed by atoms with E-state index in [2.05, 4.69) is 5.32 Å². The lowest BCUT2D eigenvalue weighted by molar-refractivity contribution is -0.123. The number of ketones is 1. The Morgan fingerprint density at radius 2 is 1.73 bits per heavy atom. The van der Waals surface area contributed by atoms with Crippen molar-refractivity contribution in [3.8, 4) is 0 Å². The lowest BCUT2D eigenvalue weighted by Crippen LogP contribution is -2.45. The van der Waals surface area contributed by atoms with E-state index in [4.69, 9.17) is 0 Å². The highest BCUT2D eigenvalue weighted by Gasteiger charge is 2.21. The molecule has 0 saturated heterocycles. The summed E-state index contributed by atoms with van der Waals surface area (Å²) in [6.45, 7) is 15.0. The number of hydrogen-bond donors (Lipinski definition) is 1. The van der Waals surface area contributed by atoms with E-state index in [9.17, 15) is 14.4 Å². The summed E-state index contributed by atoms with van der Waals surface area (Å²) < 4.78 is 2.38. The van der Waals surface area contributed by atoms with Crippen LogP contribution in [0.3, 0.4) is 0 Å². The molecule has 0 fully saturated rings. The third-order valence-electron chi connectivity index (χ3n) is 4.47. The van der Waals surface area contributed by atoms with Gasteiger partial charge in [-0.15, -0.1) is 11.3 Å². The van der Waals surface area contributed by atoms with Crippen LogP contribution in [0.1, 0.15) is 58.2 Å². The average Bonchev–Trinajstić information content (AvgIpc) is 2.84. The van der Waals surface area contributed by atoms with E-state index in [0.717, 1.165) is 16.7 Å². The normalized spacial score (nSPS) is 13.6. The van der Waals surface area contributed by atoms with Gasteiger partial charge in [0.1, 0.15) is 11.2 Å². The number of benzene rings is 1. The van der Waals surface area contributed by atoms with Gasteiger partial charge in [0.05, 0.1) is 4.53 Å². The van der Waals surface area contributed by atoms with Crippen LogP contribution in [0.5, 0.6) is 0 Å². The SMILES string of the molecule is Cc1ccc(C)c(/C=c2\s/c(=C\C(=O)C(C)(C)C)n(CC(=O)NC(C)(C)C)c2=O)c1. The van der Waals surface area contributed by atoms with Crippen LogP contribution in [0.15, 0.2) is 23.0 Å². The third kappa shape index (κ3) is 6.26. The highest BCUT2D eigenvalue weighted by atomic mass is 32.1. The van der Waals surface area contributed by atoms with Gasteiger partial charge in [-0.2, -0.15) is 0 Å². The fourth-order valence-corrected chi connectivity index (χ4v) is 3.81. The summed E-state index contributed by atoms with van der Waals surface area (Å²) in [5.41, 5.74) is 1.86. The van der Waals surface area contributed by atoms with Crippen molar-refractivity contribution >= 4 is 35.2 Å². The van der Waals surface area contributed by atoms with Crippen LogP contribution in [0, 0.1) is 19.3 Å². The topological polar surface area (TPSA) is 68.2 Å². The summed E-state index contributed by atoms with van der Waals surface area (Å²) >= 11 is 1.24. The van der Waals surface area contributed by atoms with Gasteiger partial charge in [0.2, 0.25) is 5.91 Å². The molecule has 0 bridgehead atoms. The standard InChI is InChI=1S/C24H32N2O3S/c1-15-9-10-16(2)17(11-15)12-18-22(29)26(14-20(28)25-24(6,7)8)21(30-18)13-19(27)23(3,4)5/h9-13H,14H2,1-8H3,(H,25,28)/b18-12-,21-13-. The van der Waals surface area contributed by atoms with Crippen LogP contribution in [-0.4, -0.2) is 21.8 Å². The number of aryl methyl sites for hydroxylation is 2. The Hall–Kier alpha value is -2.47. The molecule has 30 heavy (non-hydrogen) atoms. The van der Waals surface area contributed by atoms with Gasteiger partial charge in [0.25, 0.3) is 5.56 Å². The minimum absolute atomic E-state index is 0.0907. The summed E-state index contributed by atoms with van der Waals surface area (Å²) in [4.78, 5) is 38.3. The molecular formula is C24H32N2O3S. The number of hydrogen-bond acceptors (Lipinski definition) is 4. The molecule has 1 aromatic carbocycles. The van der Waals surface area contributed by atoms with E-state index in [0.29, 0.717) is 9.20 Å². The molecule has 1 heterocycles. The molecule has 0 radical (unpaired) electrons. The molecule has 0 aliphatic carbocycles. The predicted molar refractivity (Wildman–Crippen MR) is 124 cm³/mol. The smallest absolute Gasteiger partial charge is 0.269 e. The van der Waals surface area contributed by atoms with Crippen molar-refractivity contribution in [2.45, 2.75) is 67.5 Å². The van der Waals surface area contributed by atoms with E-state index in [-0.39, 0.29) is 23.8 Å². The van der Waals surface area contributed by atoms with Gasteiger partial charge < -0.3 is 5.32 Å². The van der Waals surface area contributed by atoms with Gasteiger partial charge in [0, 0.05) is 17.0 Å². The second-order valence-electron chi connectivity index (χ2n) is 9.76. The zero-order valence-corrected chi connectivity index (χ0v) is 20.0. The average molecular weight is 429 g/mol. The number of thiazole rings is 1. The molecule has 0 saturated carbocycles. The molecule has 0 spiro atoms. The van der Waals surface area contributed by atoms with Gasteiger partial charge in [-0.25, -0.2) is 0 Å². The number of carbonyl (C=O) groups excluding carboxylic acids is 2. The van der Waals surface area contributed by atoms with E-state index >= 15 is 0 Å². The monoisotopic (exact) mass is 428 g/mol. The molecule has 1 N–H and O–H groups in total. The molecule has 1 aromatic heterocycles. The fraction of sp³-hybridized carbons (Fsp3) is 0.458. The molecule has 0 aliphatic heterocycles. The molecule has 0 unspecified atom stereocenters. The van der Waals surface area contributed by atoms with Crippen LogP contribution in [-0.2, 0) is 16.1 Å². The van der Waals surface area contributed by atoms with Crippen LogP contribution in [0.2, 0.25) is 0 Å². The first kappa shape index (κ1) is 23.8. The number of carbonyl (C=O) groups is 2. The lowest BCUT2D eigenvalue weighted by Gasteiger charge is -2.20. The Bertz CT molecular complexity index is 1140. The molecule has 5 nitrogen and oxygen atoms in total. The number of rotatable bonds is 4. The van der Waals surface area contributed by atoms with Gasteiger partial charge in [-0.3, -0.25) is 19.0 Å². The van der Waals surface area contributed by atoms with Gasteiger partial charge in [0.15, 0.2) is 5.78 Å². The highest BCUT2D eigenvalue weighted by Crippen LogP contribution is 2.15. The molecule has 2 aromatic rings. The van der Waals surface area contributed by atoms with Crippen molar-refractivity contribution in [3.63, 3.8) is 0 Å². The van der Waals surface area contributed by atoms with E-state index in [1.54, 1.807) is 0 Å². The van der Waals surface area contributed by atoms with Gasteiger partial charge in [-0.05, 0) is 51.8 Å². The van der Waals surface area contributed by atoms with E-state index in [1.165, 1.54) is 22.0 Å². The number of nitrogens with zero attached hydrogens (tertiary/aromatic N) is 1. The Balaban J connectivity index is 2.67. The molecule has 0 aliphatic rings. The maximum atomic E-state index is 13.2. The zero-order chi connectivity index (χ0) is 22.9. The van der Waals surface area contributed by atoms with Crippen molar-refractivity contribution < 1.29 is 9.59 Å². The van der Waals surface area contributed by atoms with Crippen molar-refractivity contribution in [1.82, 2.24) is 9.88 Å². The van der Waals surface area contributed by atoms with Crippen molar-refractivity contribution in [1.29, 1.82) is 0 Å². The van der Waals surface area contributed by atoms with E-state index < -0.39 is 11.0 Å². The van der Waals surface area contributed by atoms with Crippen LogP contribution in [0.25, 0.3) is 12.2 Å². The van der Waals surface area contributed by atoms with Gasteiger partial charge >= 0.3 is 0 Å². The summed E-state index contributed by atoms with van der Waals surface area (Å²) in [5, 5.41) is 2.88. The quantitative estimate of drug-likeness (QED) is 0.814. The first-order chi connectivity index (χ1) is 13.7. The first-order valence-corrected chi connectivity index (χ1v) is 10.8. The number of amides is 1. The molecule has 1 amide bonds. The predicted octanol–water partition coefficient (Wildman–Crippen LogP) is 2.67. The minimum atomic E-state index is -0.574. The lowest BCUT2D eigenvalue weighted by atomic mass is 9.91. The summed E-state index contributed by atoms with van der Waals surface area (Å²) in [7, 11) is 0. The number of nitrogens with one attached hydrogen (secondary N) is 1. The Labute approximate surface area is 182 Å². The van der Waals surface area contributed by atoms with Crippen LogP contribution >= 0.6 is 11.3 Å². The van der Waals surface area contributed by atoms with Crippen LogP contribution < -0.4 is 20.1 Å². The molecule has 2 rings (SSSR count).